The summed E-state index contributed by atoms with van der Waals surface area (Å²) in [5.74, 6) is 0.0130. The smallest absolute Gasteiger partial charge is 0.253 e. The molecule has 0 saturated carbocycles. The van der Waals surface area contributed by atoms with Crippen molar-refractivity contribution >= 4 is 16.8 Å². The minimum Gasteiger partial charge on any atom is -0.360 e. The minimum atomic E-state index is 0.0130. The first kappa shape index (κ1) is 15.0. The van der Waals surface area contributed by atoms with E-state index in [-0.39, 0.29) is 11.9 Å². The summed E-state index contributed by atoms with van der Waals surface area (Å²) in [7, 11) is 0. The van der Waals surface area contributed by atoms with Gasteiger partial charge in [0.25, 0.3) is 5.91 Å². The van der Waals surface area contributed by atoms with Crippen LogP contribution in [0.1, 0.15) is 22.3 Å². The topological polar surface area (TPSA) is 48.1 Å². The summed E-state index contributed by atoms with van der Waals surface area (Å²) in [5, 5.41) is 4.17. The van der Waals surface area contributed by atoms with E-state index >= 15 is 0 Å². The van der Waals surface area contributed by atoms with Gasteiger partial charge >= 0.3 is 0 Å². The summed E-state index contributed by atoms with van der Waals surface area (Å²) in [5.41, 5.74) is 3.05. The van der Waals surface area contributed by atoms with Crippen molar-refractivity contribution in [2.24, 2.45) is 0 Å². The van der Waals surface area contributed by atoms with Crippen LogP contribution >= 0.6 is 0 Å². The fourth-order valence-electron chi connectivity index (χ4n) is 3.46. The molecule has 4 nitrogen and oxygen atoms in total. The van der Waals surface area contributed by atoms with Crippen LogP contribution in [0, 0.1) is 0 Å². The van der Waals surface area contributed by atoms with Crippen LogP contribution in [-0.2, 0) is 6.54 Å². The number of fused-ring (bicyclic) bond motifs is 1. The van der Waals surface area contributed by atoms with E-state index < -0.39 is 0 Å². The van der Waals surface area contributed by atoms with E-state index in [4.69, 9.17) is 0 Å². The van der Waals surface area contributed by atoms with E-state index in [9.17, 15) is 4.79 Å². The number of hydrogen-bond donors (Lipinski definition) is 2. The van der Waals surface area contributed by atoms with Crippen molar-refractivity contribution in [3.8, 4) is 0 Å². The normalized spacial score (nSPS) is 18.1. The fourth-order valence-corrected chi connectivity index (χ4v) is 3.46. The number of benzene rings is 2. The molecule has 1 aromatic heterocycles. The molecule has 2 aromatic carbocycles. The molecule has 2 N–H and O–H groups in total. The molecule has 0 unspecified atom stereocenters. The second-order valence-corrected chi connectivity index (χ2v) is 6.43. The number of para-hydroxylation sites is 1. The standard InChI is InChI=1S/C20H21N3O/c24-20(18-12-21-19-9-5-4-8-17(18)19)22-16-10-11-23(14-16)13-15-6-2-1-3-7-15/h1-9,12,16,21H,10-11,13-14H2,(H,22,24)/t16-/m0/s1. The zero-order valence-electron chi connectivity index (χ0n) is 13.5. The number of aromatic nitrogens is 1. The third-order valence-electron chi connectivity index (χ3n) is 4.69. The van der Waals surface area contributed by atoms with Crippen LogP contribution in [-0.4, -0.2) is 34.9 Å². The molecule has 1 saturated heterocycles. The second kappa shape index (κ2) is 6.49. The highest BCUT2D eigenvalue weighted by atomic mass is 16.1. The third kappa shape index (κ3) is 3.05. The number of aromatic amines is 1. The van der Waals surface area contributed by atoms with E-state index in [1.54, 1.807) is 6.20 Å². The average Bonchev–Trinajstić information content (AvgIpc) is 3.22. The number of amides is 1. The summed E-state index contributed by atoms with van der Waals surface area (Å²) in [6.45, 7) is 2.87. The minimum absolute atomic E-state index is 0.0130. The molecule has 1 fully saturated rings. The molecule has 0 spiro atoms. The van der Waals surface area contributed by atoms with Crippen molar-refractivity contribution < 1.29 is 4.79 Å². The third-order valence-corrected chi connectivity index (χ3v) is 4.69. The Labute approximate surface area is 141 Å². The molecule has 3 aromatic rings. The van der Waals surface area contributed by atoms with Gasteiger partial charge in [-0.15, -0.1) is 0 Å². The zero-order valence-corrected chi connectivity index (χ0v) is 13.5. The summed E-state index contributed by atoms with van der Waals surface area (Å²) in [4.78, 5) is 18.2. The Morgan fingerprint density at radius 3 is 2.79 bits per heavy atom. The zero-order chi connectivity index (χ0) is 16.4. The Hall–Kier alpha value is -2.59. The van der Waals surface area contributed by atoms with Gasteiger partial charge in [0.2, 0.25) is 0 Å². The number of nitrogens with one attached hydrogen (secondary N) is 2. The van der Waals surface area contributed by atoms with E-state index in [0.717, 1.165) is 42.5 Å². The summed E-state index contributed by atoms with van der Waals surface area (Å²) < 4.78 is 0. The molecule has 0 radical (unpaired) electrons. The van der Waals surface area contributed by atoms with E-state index in [1.165, 1.54) is 5.56 Å². The van der Waals surface area contributed by atoms with Crippen LogP contribution in [0.3, 0.4) is 0 Å². The van der Waals surface area contributed by atoms with Crippen molar-refractivity contribution in [3.05, 3.63) is 71.9 Å². The van der Waals surface area contributed by atoms with Crippen LogP contribution in [0.25, 0.3) is 10.9 Å². The number of carbonyl (C=O) groups is 1. The average molecular weight is 319 g/mol. The van der Waals surface area contributed by atoms with Gasteiger partial charge < -0.3 is 10.3 Å². The highest BCUT2D eigenvalue weighted by Crippen LogP contribution is 2.19. The van der Waals surface area contributed by atoms with Gasteiger partial charge in [-0.1, -0.05) is 48.5 Å². The van der Waals surface area contributed by atoms with Gasteiger partial charge in [-0.2, -0.15) is 0 Å². The number of rotatable bonds is 4. The predicted octanol–water partition coefficient (Wildman–Crippen LogP) is 3.17. The van der Waals surface area contributed by atoms with Crippen LogP contribution < -0.4 is 5.32 Å². The molecule has 122 valence electrons. The van der Waals surface area contributed by atoms with Gasteiger partial charge in [0, 0.05) is 42.8 Å². The Morgan fingerprint density at radius 1 is 1.12 bits per heavy atom. The SMILES string of the molecule is O=C(N[C@H]1CCN(Cc2ccccc2)C1)c1c[nH]c2ccccc12. The number of carbonyl (C=O) groups excluding carboxylic acids is 1. The summed E-state index contributed by atoms with van der Waals surface area (Å²) in [6.07, 6.45) is 2.80. The Bertz CT molecular complexity index is 840. The first-order valence-electron chi connectivity index (χ1n) is 8.43. The lowest BCUT2D eigenvalue weighted by atomic mass is 10.1. The second-order valence-electron chi connectivity index (χ2n) is 6.43. The van der Waals surface area contributed by atoms with E-state index in [2.05, 4.69) is 39.5 Å². The lowest BCUT2D eigenvalue weighted by Gasteiger charge is -2.16. The first-order chi connectivity index (χ1) is 11.8. The van der Waals surface area contributed by atoms with Gasteiger partial charge in [-0.25, -0.2) is 0 Å². The van der Waals surface area contributed by atoms with Crippen molar-refractivity contribution in [2.45, 2.75) is 19.0 Å². The maximum absolute atomic E-state index is 12.6. The van der Waals surface area contributed by atoms with E-state index in [0.29, 0.717) is 0 Å². The molecule has 4 heteroatoms. The molecule has 1 aliphatic heterocycles. The fraction of sp³-hybridized carbons (Fsp3) is 0.250. The number of hydrogen-bond acceptors (Lipinski definition) is 2. The van der Waals surface area contributed by atoms with Gasteiger partial charge in [0.15, 0.2) is 0 Å². The number of nitrogens with zero attached hydrogens (tertiary/aromatic N) is 1. The van der Waals surface area contributed by atoms with Gasteiger partial charge in [-0.05, 0) is 18.1 Å². The lowest BCUT2D eigenvalue weighted by Crippen LogP contribution is -2.36. The molecular formula is C20H21N3O. The first-order valence-corrected chi connectivity index (χ1v) is 8.43. The van der Waals surface area contributed by atoms with Crippen molar-refractivity contribution in [1.29, 1.82) is 0 Å². The number of H-pyrrole nitrogens is 1. The van der Waals surface area contributed by atoms with Gasteiger partial charge in [0.05, 0.1) is 5.56 Å². The maximum Gasteiger partial charge on any atom is 0.253 e. The monoisotopic (exact) mass is 319 g/mol. The van der Waals surface area contributed by atoms with E-state index in [1.807, 2.05) is 30.3 Å². The number of likely N-dealkylation sites (tertiary alicyclic amines) is 1. The Morgan fingerprint density at radius 2 is 1.92 bits per heavy atom. The highest BCUT2D eigenvalue weighted by molar-refractivity contribution is 6.06. The van der Waals surface area contributed by atoms with Crippen LogP contribution in [0.15, 0.2) is 60.8 Å². The Balaban J connectivity index is 1.38. The van der Waals surface area contributed by atoms with Crippen LogP contribution in [0.5, 0.6) is 0 Å². The van der Waals surface area contributed by atoms with Crippen molar-refractivity contribution in [3.63, 3.8) is 0 Å². The molecule has 2 heterocycles. The molecule has 4 rings (SSSR count). The maximum atomic E-state index is 12.6. The van der Waals surface area contributed by atoms with Gasteiger partial charge in [-0.3, -0.25) is 9.69 Å². The largest absolute Gasteiger partial charge is 0.360 e. The molecule has 0 aliphatic carbocycles. The quantitative estimate of drug-likeness (QED) is 0.776. The van der Waals surface area contributed by atoms with Crippen molar-refractivity contribution in [1.82, 2.24) is 15.2 Å². The van der Waals surface area contributed by atoms with Crippen molar-refractivity contribution in [2.75, 3.05) is 13.1 Å². The Kier molecular flexibility index (Phi) is 4.05. The predicted molar refractivity (Wildman–Crippen MR) is 95.9 cm³/mol. The molecule has 1 aliphatic rings. The van der Waals surface area contributed by atoms with Gasteiger partial charge in [0.1, 0.15) is 0 Å². The summed E-state index contributed by atoms with van der Waals surface area (Å²) in [6, 6.07) is 18.6. The highest BCUT2D eigenvalue weighted by Gasteiger charge is 2.24. The molecule has 0 bridgehead atoms. The van der Waals surface area contributed by atoms with Crippen LogP contribution in [0.4, 0.5) is 0 Å². The molecule has 24 heavy (non-hydrogen) atoms. The molecule has 1 amide bonds. The summed E-state index contributed by atoms with van der Waals surface area (Å²) >= 11 is 0. The molecular weight excluding hydrogens is 298 g/mol. The molecule has 1 atom stereocenters. The van der Waals surface area contributed by atoms with Crippen LogP contribution in [0.2, 0.25) is 0 Å². The lowest BCUT2D eigenvalue weighted by molar-refractivity contribution is 0.0939.